The first kappa shape index (κ1) is 11.1. The molecule has 0 saturated carbocycles. The Balaban J connectivity index is 1.87. The monoisotopic (exact) mass is 233 g/mol. The predicted octanol–water partition coefficient (Wildman–Crippen LogP) is 1.28. The summed E-state index contributed by atoms with van der Waals surface area (Å²) in [7, 11) is 0. The van der Waals surface area contributed by atoms with Crippen LogP contribution in [0.3, 0.4) is 0 Å². The lowest BCUT2D eigenvalue weighted by molar-refractivity contribution is -0.0398. The number of aromatic nitrogens is 2. The van der Waals surface area contributed by atoms with Gasteiger partial charge in [-0.05, 0) is 44.7 Å². The summed E-state index contributed by atoms with van der Waals surface area (Å²) < 4.78 is 0. The van der Waals surface area contributed by atoms with Gasteiger partial charge in [-0.2, -0.15) is 10.2 Å². The summed E-state index contributed by atoms with van der Waals surface area (Å²) in [6.07, 6.45) is 5.14. The van der Waals surface area contributed by atoms with Crippen molar-refractivity contribution in [2.45, 2.75) is 56.7 Å². The lowest BCUT2D eigenvalue weighted by atomic mass is 9.75. The zero-order valence-electron chi connectivity index (χ0n) is 10.2. The Kier molecular flexibility index (Phi) is 2.64. The number of nitrogens with zero attached hydrogens (tertiary/aromatic N) is 2. The molecule has 2 N–H and O–H groups in total. The molecule has 2 bridgehead atoms. The SMILES string of the molecule is Cc1ccc(C2(O)CC3CCCC(C2)N3)nn1. The van der Waals surface area contributed by atoms with E-state index in [2.05, 4.69) is 15.5 Å². The molecule has 0 spiro atoms. The van der Waals surface area contributed by atoms with Crippen molar-refractivity contribution in [3.8, 4) is 0 Å². The van der Waals surface area contributed by atoms with Crippen LogP contribution < -0.4 is 5.32 Å². The highest BCUT2D eigenvalue weighted by Gasteiger charge is 2.42. The van der Waals surface area contributed by atoms with E-state index >= 15 is 0 Å². The molecule has 0 aromatic carbocycles. The molecule has 1 aromatic rings. The van der Waals surface area contributed by atoms with E-state index in [9.17, 15) is 5.11 Å². The molecule has 3 rings (SSSR count). The van der Waals surface area contributed by atoms with Crippen molar-refractivity contribution < 1.29 is 5.11 Å². The van der Waals surface area contributed by atoms with Crippen LogP contribution in [0.25, 0.3) is 0 Å². The Hall–Kier alpha value is -1.00. The van der Waals surface area contributed by atoms with Gasteiger partial charge in [-0.25, -0.2) is 0 Å². The number of fused-ring (bicyclic) bond motifs is 2. The lowest BCUT2D eigenvalue weighted by Crippen LogP contribution is -2.54. The zero-order valence-corrected chi connectivity index (χ0v) is 10.2. The minimum atomic E-state index is -0.776. The molecule has 4 heteroatoms. The third-order valence-corrected chi connectivity index (χ3v) is 4.02. The summed E-state index contributed by atoms with van der Waals surface area (Å²) >= 11 is 0. The Morgan fingerprint density at radius 2 is 1.94 bits per heavy atom. The van der Waals surface area contributed by atoms with E-state index in [0.29, 0.717) is 12.1 Å². The van der Waals surface area contributed by atoms with E-state index in [0.717, 1.165) is 37.1 Å². The van der Waals surface area contributed by atoms with Gasteiger partial charge in [0, 0.05) is 12.1 Å². The molecule has 17 heavy (non-hydrogen) atoms. The molecule has 0 radical (unpaired) electrons. The molecular formula is C13H19N3O. The minimum Gasteiger partial charge on any atom is -0.383 e. The molecule has 2 atom stereocenters. The highest BCUT2D eigenvalue weighted by Crippen LogP contribution is 2.38. The maximum Gasteiger partial charge on any atom is 0.111 e. The molecule has 0 aliphatic carbocycles. The molecule has 3 heterocycles. The second kappa shape index (κ2) is 4.03. The molecule has 4 nitrogen and oxygen atoms in total. The summed E-state index contributed by atoms with van der Waals surface area (Å²) in [5, 5.41) is 22.6. The Morgan fingerprint density at radius 1 is 1.24 bits per heavy atom. The molecule has 2 saturated heterocycles. The van der Waals surface area contributed by atoms with Gasteiger partial charge in [0.2, 0.25) is 0 Å². The highest BCUT2D eigenvalue weighted by atomic mass is 16.3. The van der Waals surface area contributed by atoms with Crippen LogP contribution in [0, 0.1) is 6.92 Å². The van der Waals surface area contributed by atoms with Crippen LogP contribution in [0.1, 0.15) is 43.5 Å². The molecule has 0 amide bonds. The van der Waals surface area contributed by atoms with Gasteiger partial charge in [-0.15, -0.1) is 0 Å². The summed E-state index contributed by atoms with van der Waals surface area (Å²) in [6.45, 7) is 1.91. The average molecular weight is 233 g/mol. The van der Waals surface area contributed by atoms with Gasteiger partial charge in [0.05, 0.1) is 11.4 Å². The molecule has 92 valence electrons. The maximum atomic E-state index is 10.8. The Morgan fingerprint density at radius 3 is 2.53 bits per heavy atom. The highest BCUT2D eigenvalue weighted by molar-refractivity contribution is 5.16. The first-order chi connectivity index (χ1) is 8.16. The second-order valence-electron chi connectivity index (χ2n) is 5.49. The van der Waals surface area contributed by atoms with E-state index in [1.165, 1.54) is 6.42 Å². The predicted molar refractivity (Wildman–Crippen MR) is 64.5 cm³/mol. The van der Waals surface area contributed by atoms with E-state index in [1.807, 2.05) is 19.1 Å². The number of rotatable bonds is 1. The van der Waals surface area contributed by atoms with Crippen LogP contribution in [-0.2, 0) is 5.60 Å². The summed E-state index contributed by atoms with van der Waals surface area (Å²) in [5.74, 6) is 0. The summed E-state index contributed by atoms with van der Waals surface area (Å²) in [6, 6.07) is 4.73. The van der Waals surface area contributed by atoms with Gasteiger partial charge in [0.1, 0.15) is 5.60 Å². The van der Waals surface area contributed by atoms with Crippen LogP contribution in [0.4, 0.5) is 0 Å². The van der Waals surface area contributed by atoms with E-state index in [-0.39, 0.29) is 0 Å². The van der Waals surface area contributed by atoms with Crippen LogP contribution in [0.5, 0.6) is 0 Å². The fraction of sp³-hybridized carbons (Fsp3) is 0.692. The van der Waals surface area contributed by atoms with Crippen molar-refractivity contribution in [2.24, 2.45) is 0 Å². The van der Waals surface area contributed by atoms with Gasteiger partial charge in [0.15, 0.2) is 0 Å². The summed E-state index contributed by atoms with van der Waals surface area (Å²) in [5.41, 5.74) is 0.856. The molecular weight excluding hydrogens is 214 g/mol. The second-order valence-corrected chi connectivity index (χ2v) is 5.49. The van der Waals surface area contributed by atoms with Gasteiger partial charge in [-0.1, -0.05) is 6.42 Å². The average Bonchev–Trinajstić information content (AvgIpc) is 2.29. The van der Waals surface area contributed by atoms with Crippen molar-refractivity contribution >= 4 is 0 Å². The number of piperidine rings is 2. The third kappa shape index (κ3) is 2.07. The van der Waals surface area contributed by atoms with Crippen molar-refractivity contribution in [3.05, 3.63) is 23.5 Å². The van der Waals surface area contributed by atoms with Gasteiger partial charge >= 0.3 is 0 Å². The molecule has 1 aromatic heterocycles. The number of hydrogen-bond donors (Lipinski definition) is 2. The fourth-order valence-corrected chi connectivity index (χ4v) is 3.19. The van der Waals surface area contributed by atoms with Crippen LogP contribution in [-0.4, -0.2) is 27.4 Å². The maximum absolute atomic E-state index is 10.8. The van der Waals surface area contributed by atoms with Gasteiger partial charge in [0.25, 0.3) is 0 Å². The molecule has 2 fully saturated rings. The molecule has 2 aliphatic rings. The van der Waals surface area contributed by atoms with Crippen LogP contribution in [0.15, 0.2) is 12.1 Å². The largest absolute Gasteiger partial charge is 0.383 e. The quantitative estimate of drug-likeness (QED) is 0.767. The first-order valence-corrected chi connectivity index (χ1v) is 6.45. The summed E-state index contributed by atoms with van der Waals surface area (Å²) in [4.78, 5) is 0. The molecule has 2 aliphatic heterocycles. The standard InChI is InChI=1S/C13H19N3O/c1-9-5-6-12(16-15-9)13(17)7-10-3-2-4-11(8-13)14-10/h5-6,10-11,14,17H,2-4,7-8H2,1H3. The smallest absolute Gasteiger partial charge is 0.111 e. The third-order valence-electron chi connectivity index (χ3n) is 4.02. The zero-order chi connectivity index (χ0) is 11.9. The number of hydrogen-bond acceptors (Lipinski definition) is 4. The number of aliphatic hydroxyl groups is 1. The Labute approximate surface area is 101 Å². The van der Waals surface area contributed by atoms with Crippen LogP contribution >= 0.6 is 0 Å². The topological polar surface area (TPSA) is 58.0 Å². The van der Waals surface area contributed by atoms with Crippen molar-refractivity contribution in [2.75, 3.05) is 0 Å². The van der Waals surface area contributed by atoms with E-state index in [4.69, 9.17) is 0 Å². The van der Waals surface area contributed by atoms with E-state index in [1.54, 1.807) is 0 Å². The van der Waals surface area contributed by atoms with Gasteiger partial charge < -0.3 is 10.4 Å². The number of nitrogens with one attached hydrogen (secondary N) is 1. The molecule has 2 unspecified atom stereocenters. The number of aryl methyl sites for hydroxylation is 1. The lowest BCUT2D eigenvalue weighted by Gasteiger charge is -2.44. The first-order valence-electron chi connectivity index (χ1n) is 6.45. The van der Waals surface area contributed by atoms with E-state index < -0.39 is 5.60 Å². The van der Waals surface area contributed by atoms with Crippen molar-refractivity contribution in [1.29, 1.82) is 0 Å². The van der Waals surface area contributed by atoms with Crippen LogP contribution in [0.2, 0.25) is 0 Å². The van der Waals surface area contributed by atoms with Gasteiger partial charge in [-0.3, -0.25) is 0 Å². The fourth-order valence-electron chi connectivity index (χ4n) is 3.19. The Bertz CT molecular complexity index is 392. The normalized spacial score (nSPS) is 36.8. The van der Waals surface area contributed by atoms with Crippen molar-refractivity contribution in [3.63, 3.8) is 0 Å². The minimum absolute atomic E-state index is 0.440. The van der Waals surface area contributed by atoms with Crippen molar-refractivity contribution in [1.82, 2.24) is 15.5 Å².